The lowest BCUT2D eigenvalue weighted by molar-refractivity contribution is -0.134. The zero-order chi connectivity index (χ0) is 12.8. The maximum absolute atomic E-state index is 11.0. The van der Waals surface area contributed by atoms with Crippen molar-refractivity contribution in [2.75, 3.05) is 20.2 Å². The van der Waals surface area contributed by atoms with Gasteiger partial charge >= 0.3 is 5.97 Å². The summed E-state index contributed by atoms with van der Waals surface area (Å²) in [5.74, 6) is 0.349. The molecule has 0 radical (unpaired) electrons. The zero-order valence-corrected chi connectivity index (χ0v) is 10.7. The van der Waals surface area contributed by atoms with E-state index in [9.17, 15) is 4.79 Å². The summed E-state index contributed by atoms with van der Waals surface area (Å²) in [6.07, 6.45) is 5.63. The van der Waals surface area contributed by atoms with Gasteiger partial charge < -0.3 is 10.1 Å². The topological polar surface area (TPSA) is 38.3 Å². The van der Waals surface area contributed by atoms with E-state index in [1.54, 1.807) is 6.08 Å². The molecular weight excluding hydrogens is 226 g/mol. The van der Waals surface area contributed by atoms with Crippen molar-refractivity contribution >= 4 is 12.0 Å². The highest BCUT2D eigenvalue weighted by atomic mass is 16.5. The fraction of sp³-hybridized carbons (Fsp3) is 0.400. The van der Waals surface area contributed by atoms with E-state index < -0.39 is 0 Å². The molecule has 1 aromatic rings. The molecule has 1 aromatic carbocycles. The van der Waals surface area contributed by atoms with Crippen LogP contribution in [0.1, 0.15) is 29.9 Å². The molecule has 0 unspecified atom stereocenters. The third-order valence-electron chi connectivity index (χ3n) is 3.36. The molecule has 1 N–H and O–H groups in total. The van der Waals surface area contributed by atoms with Crippen molar-refractivity contribution in [3.63, 3.8) is 0 Å². The molecule has 18 heavy (non-hydrogen) atoms. The molecule has 0 amide bonds. The number of hydrogen-bond acceptors (Lipinski definition) is 3. The summed E-state index contributed by atoms with van der Waals surface area (Å²) in [4.78, 5) is 11.0. The van der Waals surface area contributed by atoms with Gasteiger partial charge in [0.25, 0.3) is 0 Å². The van der Waals surface area contributed by atoms with Gasteiger partial charge in [-0.3, -0.25) is 0 Å². The standard InChI is InChI=1S/C15H19NO2/c1-18-15(17)7-4-12-2-5-13(6-3-12)14-8-10-16-11-9-14/h2-7,14,16H,8-11H2,1H3. The quantitative estimate of drug-likeness (QED) is 0.656. The Bertz CT molecular complexity index is 417. The van der Waals surface area contributed by atoms with Crippen LogP contribution in [0, 0.1) is 0 Å². The molecule has 1 heterocycles. The first-order valence-corrected chi connectivity index (χ1v) is 6.36. The van der Waals surface area contributed by atoms with Gasteiger partial charge in [-0.25, -0.2) is 4.79 Å². The van der Waals surface area contributed by atoms with Crippen molar-refractivity contribution in [3.8, 4) is 0 Å². The summed E-state index contributed by atoms with van der Waals surface area (Å²) in [6.45, 7) is 2.21. The largest absolute Gasteiger partial charge is 0.466 e. The van der Waals surface area contributed by atoms with Crippen molar-refractivity contribution in [3.05, 3.63) is 41.5 Å². The monoisotopic (exact) mass is 245 g/mol. The Morgan fingerprint density at radius 3 is 2.56 bits per heavy atom. The minimum Gasteiger partial charge on any atom is -0.466 e. The normalized spacial score (nSPS) is 16.9. The first kappa shape index (κ1) is 12.8. The number of ether oxygens (including phenoxy) is 1. The molecule has 1 aliphatic heterocycles. The predicted molar refractivity (Wildman–Crippen MR) is 72.3 cm³/mol. The van der Waals surface area contributed by atoms with Gasteiger partial charge in [-0.2, -0.15) is 0 Å². The van der Waals surface area contributed by atoms with Gasteiger partial charge in [-0.05, 0) is 49.1 Å². The molecule has 2 rings (SSSR count). The Labute approximate surface area is 108 Å². The molecule has 0 aromatic heterocycles. The van der Waals surface area contributed by atoms with Crippen LogP contribution in [-0.4, -0.2) is 26.2 Å². The second-order valence-electron chi connectivity index (χ2n) is 4.55. The highest BCUT2D eigenvalue weighted by Gasteiger charge is 2.14. The zero-order valence-electron chi connectivity index (χ0n) is 10.7. The summed E-state index contributed by atoms with van der Waals surface area (Å²) >= 11 is 0. The maximum Gasteiger partial charge on any atom is 0.330 e. The van der Waals surface area contributed by atoms with Crippen LogP contribution < -0.4 is 5.32 Å². The first-order chi connectivity index (χ1) is 8.79. The molecule has 3 nitrogen and oxygen atoms in total. The number of methoxy groups -OCH3 is 1. The van der Waals surface area contributed by atoms with E-state index in [0.717, 1.165) is 18.7 Å². The van der Waals surface area contributed by atoms with Crippen molar-refractivity contribution in [1.82, 2.24) is 5.32 Å². The van der Waals surface area contributed by atoms with Crippen LogP contribution in [0.4, 0.5) is 0 Å². The number of benzene rings is 1. The Hall–Kier alpha value is -1.61. The van der Waals surface area contributed by atoms with Gasteiger partial charge in [0.2, 0.25) is 0 Å². The minimum atomic E-state index is -0.322. The summed E-state index contributed by atoms with van der Waals surface area (Å²) in [5, 5.41) is 3.37. The summed E-state index contributed by atoms with van der Waals surface area (Å²) in [5.41, 5.74) is 2.42. The average Bonchev–Trinajstić information content (AvgIpc) is 2.46. The van der Waals surface area contributed by atoms with Gasteiger partial charge in [0.15, 0.2) is 0 Å². The number of carbonyl (C=O) groups is 1. The number of piperidine rings is 1. The second-order valence-corrected chi connectivity index (χ2v) is 4.55. The summed E-state index contributed by atoms with van der Waals surface area (Å²) < 4.78 is 4.56. The van der Waals surface area contributed by atoms with Gasteiger partial charge in [0.05, 0.1) is 7.11 Å². The van der Waals surface area contributed by atoms with Gasteiger partial charge in [-0.1, -0.05) is 24.3 Å². The van der Waals surface area contributed by atoms with Crippen LogP contribution in [0.2, 0.25) is 0 Å². The lowest BCUT2D eigenvalue weighted by atomic mass is 9.90. The molecule has 3 heteroatoms. The van der Waals surface area contributed by atoms with Gasteiger partial charge in [-0.15, -0.1) is 0 Å². The van der Waals surface area contributed by atoms with E-state index >= 15 is 0 Å². The highest BCUT2D eigenvalue weighted by Crippen LogP contribution is 2.25. The first-order valence-electron chi connectivity index (χ1n) is 6.36. The SMILES string of the molecule is COC(=O)C=Cc1ccc(C2CCNCC2)cc1. The van der Waals surface area contributed by atoms with Crippen LogP contribution in [0.25, 0.3) is 6.08 Å². The molecule has 1 aliphatic rings. The Morgan fingerprint density at radius 2 is 1.94 bits per heavy atom. The lowest BCUT2D eigenvalue weighted by Gasteiger charge is -2.22. The molecule has 0 saturated carbocycles. The van der Waals surface area contributed by atoms with Crippen LogP contribution in [-0.2, 0) is 9.53 Å². The highest BCUT2D eigenvalue weighted by molar-refractivity contribution is 5.86. The molecule has 0 bridgehead atoms. The summed E-state index contributed by atoms with van der Waals surface area (Å²) in [6, 6.07) is 8.42. The van der Waals surface area contributed by atoms with Crippen LogP contribution in [0.15, 0.2) is 30.3 Å². The molecule has 0 atom stereocenters. The predicted octanol–water partition coefficient (Wildman–Crippen LogP) is 2.34. The summed E-state index contributed by atoms with van der Waals surface area (Å²) in [7, 11) is 1.38. The van der Waals surface area contributed by atoms with Crippen molar-refractivity contribution in [1.29, 1.82) is 0 Å². The minimum absolute atomic E-state index is 0.322. The number of carbonyl (C=O) groups excluding carboxylic acids is 1. The molecule has 0 spiro atoms. The van der Waals surface area contributed by atoms with Gasteiger partial charge in [0.1, 0.15) is 0 Å². The molecule has 1 saturated heterocycles. The maximum atomic E-state index is 11.0. The Balaban J connectivity index is 2.00. The van der Waals surface area contributed by atoms with Crippen molar-refractivity contribution < 1.29 is 9.53 Å². The van der Waals surface area contributed by atoms with E-state index in [4.69, 9.17) is 0 Å². The Morgan fingerprint density at radius 1 is 1.28 bits per heavy atom. The van der Waals surface area contributed by atoms with Crippen LogP contribution >= 0.6 is 0 Å². The number of nitrogens with one attached hydrogen (secondary N) is 1. The molecular formula is C15H19NO2. The van der Waals surface area contributed by atoms with E-state index in [0.29, 0.717) is 5.92 Å². The van der Waals surface area contributed by atoms with Gasteiger partial charge in [0, 0.05) is 6.08 Å². The fourth-order valence-electron chi connectivity index (χ4n) is 2.27. The number of hydrogen-bond donors (Lipinski definition) is 1. The van der Waals surface area contributed by atoms with Crippen LogP contribution in [0.3, 0.4) is 0 Å². The van der Waals surface area contributed by atoms with E-state index in [2.05, 4.69) is 34.3 Å². The smallest absolute Gasteiger partial charge is 0.330 e. The van der Waals surface area contributed by atoms with E-state index in [1.807, 2.05) is 0 Å². The Kier molecular flexibility index (Phi) is 4.53. The van der Waals surface area contributed by atoms with Crippen LogP contribution in [0.5, 0.6) is 0 Å². The third kappa shape index (κ3) is 3.44. The molecule has 96 valence electrons. The van der Waals surface area contributed by atoms with E-state index in [1.165, 1.54) is 31.6 Å². The number of esters is 1. The average molecular weight is 245 g/mol. The fourth-order valence-corrected chi connectivity index (χ4v) is 2.27. The van der Waals surface area contributed by atoms with Crippen molar-refractivity contribution in [2.45, 2.75) is 18.8 Å². The lowest BCUT2D eigenvalue weighted by Crippen LogP contribution is -2.26. The molecule has 1 fully saturated rings. The second kappa shape index (κ2) is 6.36. The van der Waals surface area contributed by atoms with Crippen molar-refractivity contribution in [2.24, 2.45) is 0 Å². The number of rotatable bonds is 3. The van der Waals surface area contributed by atoms with E-state index in [-0.39, 0.29) is 5.97 Å². The molecule has 0 aliphatic carbocycles. The third-order valence-corrected chi connectivity index (χ3v) is 3.36.